The van der Waals surface area contributed by atoms with Crippen LogP contribution in [0.25, 0.3) is 5.57 Å². The molecular weight excluding hydrogens is 608 g/mol. The molecule has 2 fully saturated rings. The summed E-state index contributed by atoms with van der Waals surface area (Å²) in [4.78, 5) is 42.5. The number of carbonyl (C=O) groups excluding carboxylic acids is 3. The van der Waals surface area contributed by atoms with Gasteiger partial charge in [-0.2, -0.15) is 0 Å². The van der Waals surface area contributed by atoms with E-state index in [1.165, 1.54) is 29.6 Å². The lowest BCUT2D eigenvalue weighted by molar-refractivity contribution is -0.156. The smallest absolute Gasteiger partial charge is 0.444 e. The molecular formula is C39H48N2O7. The van der Waals surface area contributed by atoms with Gasteiger partial charge in [0.25, 0.3) is 0 Å². The fourth-order valence-electron chi connectivity index (χ4n) is 9.00. The van der Waals surface area contributed by atoms with Gasteiger partial charge in [0.2, 0.25) is 6.79 Å². The van der Waals surface area contributed by atoms with Crippen LogP contribution in [0.4, 0.5) is 9.59 Å². The Kier molecular flexibility index (Phi) is 9.42. The topological polar surface area (TPSA) is 113 Å². The fraction of sp³-hybridized carbons (Fsp3) is 0.538. The number of benzene rings is 1. The third kappa shape index (κ3) is 6.87. The molecule has 7 atom stereocenters. The van der Waals surface area contributed by atoms with Crippen molar-refractivity contribution in [3.8, 4) is 0 Å². The van der Waals surface area contributed by atoms with Gasteiger partial charge in [-0.05, 0) is 111 Å². The molecule has 0 radical (unpaired) electrons. The van der Waals surface area contributed by atoms with Crippen LogP contribution in [0.3, 0.4) is 0 Å². The molecule has 2 aromatic rings. The molecule has 1 N–H and O–H groups in total. The number of nitrogens with zero attached hydrogens (tertiary/aromatic N) is 1. The zero-order chi connectivity index (χ0) is 34.1. The van der Waals surface area contributed by atoms with Gasteiger partial charge in [0, 0.05) is 18.8 Å². The molecule has 4 aliphatic rings. The molecule has 9 nitrogen and oxygen atoms in total. The Hall–Kier alpha value is -4.14. The number of fused-ring (bicyclic) bond motifs is 5. The van der Waals surface area contributed by atoms with E-state index in [4.69, 9.17) is 18.9 Å². The van der Waals surface area contributed by atoms with Gasteiger partial charge >= 0.3 is 18.2 Å². The van der Waals surface area contributed by atoms with Crippen molar-refractivity contribution < 1.29 is 33.3 Å². The number of rotatable bonds is 7. The van der Waals surface area contributed by atoms with Crippen LogP contribution in [0.5, 0.6) is 0 Å². The molecule has 1 aromatic carbocycles. The zero-order valence-electron chi connectivity index (χ0n) is 28.7. The van der Waals surface area contributed by atoms with Crippen LogP contribution < -0.4 is 5.32 Å². The first-order chi connectivity index (χ1) is 22.9. The van der Waals surface area contributed by atoms with E-state index in [2.05, 4.69) is 42.4 Å². The molecule has 1 unspecified atom stereocenters. The zero-order valence-corrected chi connectivity index (χ0v) is 28.7. The predicted molar refractivity (Wildman–Crippen MR) is 180 cm³/mol. The van der Waals surface area contributed by atoms with Gasteiger partial charge in [-0.3, -0.25) is 4.98 Å². The van der Waals surface area contributed by atoms with E-state index in [9.17, 15) is 14.4 Å². The van der Waals surface area contributed by atoms with E-state index in [0.717, 1.165) is 25.7 Å². The molecule has 1 amide bonds. The van der Waals surface area contributed by atoms with Gasteiger partial charge in [0.05, 0.1) is 0 Å². The van der Waals surface area contributed by atoms with Gasteiger partial charge in [-0.25, -0.2) is 14.4 Å². The van der Waals surface area contributed by atoms with Crippen molar-refractivity contribution in [2.75, 3.05) is 6.79 Å². The number of allylic oxidation sites excluding steroid dienone is 3. The van der Waals surface area contributed by atoms with Gasteiger partial charge in [-0.15, -0.1) is 0 Å². The standard InChI is InChI=1S/C39H48N2O7/c1-37(2,3)48-35(43)41-33(25-10-7-6-8-11-25)34(42)45-24-46-36(44)47-28-17-19-38(4)27(22-28)13-14-29-31-16-15-30(26-12-9-21-40-23-26)39(31,5)20-18-32(29)38/h6-13,15,21,23,28-29,31-33H,14,16-20,22,24H2,1-5H3,(H,41,43)/t28-,29-,31-,32-,33?,38-,39+/m0/s1. The van der Waals surface area contributed by atoms with Crippen LogP contribution in [0.2, 0.25) is 0 Å². The van der Waals surface area contributed by atoms with E-state index in [0.29, 0.717) is 29.7 Å². The van der Waals surface area contributed by atoms with Crippen molar-refractivity contribution in [3.05, 3.63) is 83.7 Å². The van der Waals surface area contributed by atoms with E-state index >= 15 is 0 Å². The number of nitrogens with one attached hydrogen (secondary N) is 1. The highest BCUT2D eigenvalue weighted by atomic mass is 16.8. The second-order valence-corrected chi connectivity index (χ2v) is 15.3. The maximum atomic E-state index is 13.0. The summed E-state index contributed by atoms with van der Waals surface area (Å²) in [5, 5.41) is 2.55. The van der Waals surface area contributed by atoms with E-state index in [1.807, 2.05) is 18.5 Å². The van der Waals surface area contributed by atoms with Crippen LogP contribution in [-0.4, -0.2) is 41.7 Å². The highest BCUT2D eigenvalue weighted by Crippen LogP contribution is 2.66. The molecule has 0 spiro atoms. The van der Waals surface area contributed by atoms with Crippen LogP contribution >= 0.6 is 0 Å². The molecule has 0 bridgehead atoms. The SMILES string of the molecule is CC(C)(C)OC(=O)NC(C(=O)OCOC(=O)O[C@H]1CC[C@@]2(C)C(=CC[C@@H]3[C@@H]2CC[C@]2(C)C(c4cccnc4)=CC[C@@H]32)C1)c1ccccc1. The molecule has 4 aliphatic carbocycles. The monoisotopic (exact) mass is 656 g/mol. The van der Waals surface area contributed by atoms with Crippen molar-refractivity contribution in [2.45, 2.75) is 97.3 Å². The number of hydrogen-bond donors (Lipinski definition) is 1. The van der Waals surface area contributed by atoms with Crippen LogP contribution in [0, 0.1) is 28.6 Å². The molecule has 48 heavy (non-hydrogen) atoms. The van der Waals surface area contributed by atoms with E-state index in [-0.39, 0.29) is 16.9 Å². The number of carbonyl (C=O) groups is 3. The van der Waals surface area contributed by atoms with Crippen molar-refractivity contribution in [3.63, 3.8) is 0 Å². The molecule has 2 saturated carbocycles. The molecule has 0 aliphatic heterocycles. The van der Waals surface area contributed by atoms with Gasteiger partial charge in [0.1, 0.15) is 11.7 Å². The van der Waals surface area contributed by atoms with E-state index in [1.54, 1.807) is 51.1 Å². The summed E-state index contributed by atoms with van der Waals surface area (Å²) in [6.45, 7) is 9.44. The normalized spacial score (nSPS) is 29.9. The average molecular weight is 657 g/mol. The van der Waals surface area contributed by atoms with Gasteiger partial charge in [-0.1, -0.05) is 68.0 Å². The number of hydrogen-bond acceptors (Lipinski definition) is 8. The summed E-state index contributed by atoms with van der Waals surface area (Å²) >= 11 is 0. The fourth-order valence-corrected chi connectivity index (χ4v) is 9.00. The lowest BCUT2D eigenvalue weighted by Crippen LogP contribution is -2.50. The van der Waals surface area contributed by atoms with Crippen molar-refractivity contribution >= 4 is 23.8 Å². The molecule has 6 rings (SSSR count). The number of pyridine rings is 1. The highest BCUT2D eigenvalue weighted by Gasteiger charge is 2.57. The second-order valence-electron chi connectivity index (χ2n) is 15.3. The highest BCUT2D eigenvalue weighted by molar-refractivity contribution is 5.83. The lowest BCUT2D eigenvalue weighted by Gasteiger charge is -2.57. The second kappa shape index (κ2) is 13.4. The predicted octanol–water partition coefficient (Wildman–Crippen LogP) is 8.33. The summed E-state index contributed by atoms with van der Waals surface area (Å²) in [5.41, 5.74) is 4.14. The number of esters is 1. The first kappa shape index (κ1) is 33.7. The molecule has 0 saturated heterocycles. The van der Waals surface area contributed by atoms with Crippen LogP contribution in [0.1, 0.15) is 96.7 Å². The molecule has 9 heteroatoms. The van der Waals surface area contributed by atoms with Crippen LogP contribution in [0.15, 0.2) is 72.6 Å². The Balaban J connectivity index is 1.02. The Morgan fingerprint density at radius 2 is 1.71 bits per heavy atom. The Labute approximate surface area is 283 Å². The summed E-state index contributed by atoms with van der Waals surface area (Å²) in [7, 11) is 0. The quantitative estimate of drug-likeness (QED) is 0.137. The van der Waals surface area contributed by atoms with Crippen molar-refractivity contribution in [1.82, 2.24) is 10.3 Å². The van der Waals surface area contributed by atoms with E-state index < -0.39 is 36.7 Å². The van der Waals surface area contributed by atoms with Crippen molar-refractivity contribution in [1.29, 1.82) is 0 Å². The molecule has 1 heterocycles. The van der Waals surface area contributed by atoms with Gasteiger partial charge < -0.3 is 24.3 Å². The minimum atomic E-state index is -1.14. The number of ether oxygens (including phenoxy) is 4. The van der Waals surface area contributed by atoms with Gasteiger partial charge in [0.15, 0.2) is 6.04 Å². The minimum Gasteiger partial charge on any atom is -0.444 e. The lowest BCUT2D eigenvalue weighted by atomic mass is 9.47. The number of aromatic nitrogens is 1. The molecule has 1 aromatic heterocycles. The molecule has 256 valence electrons. The minimum absolute atomic E-state index is 0.0915. The summed E-state index contributed by atoms with van der Waals surface area (Å²) < 4.78 is 21.4. The summed E-state index contributed by atoms with van der Waals surface area (Å²) in [6, 6.07) is 11.8. The number of amides is 1. The third-order valence-electron chi connectivity index (χ3n) is 11.3. The Morgan fingerprint density at radius 3 is 2.44 bits per heavy atom. The Morgan fingerprint density at radius 1 is 0.938 bits per heavy atom. The largest absolute Gasteiger partial charge is 0.511 e. The number of alkyl carbamates (subject to hydrolysis) is 1. The Bertz CT molecular complexity index is 1570. The maximum Gasteiger partial charge on any atom is 0.511 e. The first-order valence-electron chi connectivity index (χ1n) is 17.2. The average Bonchev–Trinajstić information content (AvgIpc) is 3.41. The third-order valence-corrected chi connectivity index (χ3v) is 11.3. The summed E-state index contributed by atoms with van der Waals surface area (Å²) in [5.74, 6) is 1.07. The van der Waals surface area contributed by atoms with Crippen LogP contribution in [-0.2, 0) is 23.7 Å². The van der Waals surface area contributed by atoms with Crippen molar-refractivity contribution in [2.24, 2.45) is 28.6 Å². The first-order valence-corrected chi connectivity index (χ1v) is 17.2. The maximum absolute atomic E-state index is 13.0. The summed E-state index contributed by atoms with van der Waals surface area (Å²) in [6.07, 6.45) is 13.7.